The molecule has 7 nitrogen and oxygen atoms in total. The highest BCUT2D eigenvalue weighted by molar-refractivity contribution is 6.32. The van der Waals surface area contributed by atoms with E-state index in [0.29, 0.717) is 48.6 Å². The average Bonchev–Trinajstić information content (AvgIpc) is 3.20. The van der Waals surface area contributed by atoms with E-state index in [1.807, 2.05) is 43.3 Å². The Balaban J connectivity index is 1.63. The van der Waals surface area contributed by atoms with Gasteiger partial charge < -0.3 is 20.1 Å². The molecule has 1 fully saturated rings. The number of imide groups is 1. The largest absolute Gasteiger partial charge is 0.508 e. The predicted octanol–water partition coefficient (Wildman–Crippen LogP) is 5.77. The van der Waals surface area contributed by atoms with Gasteiger partial charge in [-0.3, -0.25) is 14.5 Å². The number of para-hydroxylation sites is 1. The van der Waals surface area contributed by atoms with Crippen LogP contribution in [-0.4, -0.2) is 57.9 Å². The number of halogens is 1. The summed E-state index contributed by atoms with van der Waals surface area (Å²) in [7, 11) is 0. The summed E-state index contributed by atoms with van der Waals surface area (Å²) in [6.45, 7) is 4.17. The van der Waals surface area contributed by atoms with Gasteiger partial charge in [0, 0.05) is 12.5 Å². The van der Waals surface area contributed by atoms with E-state index in [0.717, 1.165) is 29.6 Å². The van der Waals surface area contributed by atoms with Gasteiger partial charge in [-0.2, -0.15) is 0 Å². The smallest absolute Gasteiger partial charge is 0.233 e. The zero-order chi connectivity index (χ0) is 29.5. The number of amides is 2. The molecular formula is C33H40ClNO6. The summed E-state index contributed by atoms with van der Waals surface area (Å²) in [5, 5.41) is 32.4. The van der Waals surface area contributed by atoms with Gasteiger partial charge in [0.1, 0.15) is 18.1 Å². The summed E-state index contributed by atoms with van der Waals surface area (Å²) in [5.41, 5.74) is 3.27. The van der Waals surface area contributed by atoms with Crippen molar-refractivity contribution < 1.29 is 29.6 Å². The van der Waals surface area contributed by atoms with Gasteiger partial charge in [0.05, 0.1) is 29.6 Å². The zero-order valence-corrected chi connectivity index (χ0v) is 24.5. The van der Waals surface area contributed by atoms with Crippen molar-refractivity contribution in [3.8, 4) is 11.5 Å². The molecule has 8 heteroatoms. The summed E-state index contributed by atoms with van der Waals surface area (Å²) < 4.78 is 6.06. The summed E-state index contributed by atoms with van der Waals surface area (Å²) >= 11 is 6.35. The van der Waals surface area contributed by atoms with Crippen LogP contribution in [-0.2, 0) is 9.59 Å². The summed E-state index contributed by atoms with van der Waals surface area (Å²) in [6.07, 6.45) is 4.69. The first-order valence-corrected chi connectivity index (χ1v) is 14.9. The molecule has 4 atom stereocenters. The number of allylic oxidation sites excluding steroid dienone is 1. The van der Waals surface area contributed by atoms with Crippen molar-refractivity contribution in [2.45, 2.75) is 58.5 Å². The third-order valence-electron chi connectivity index (χ3n) is 8.09. The van der Waals surface area contributed by atoms with Gasteiger partial charge in [-0.15, -0.1) is 0 Å². The molecule has 4 rings (SSSR count). The Bertz CT molecular complexity index is 1290. The van der Waals surface area contributed by atoms with Crippen LogP contribution in [0.1, 0.15) is 57.9 Å². The van der Waals surface area contributed by atoms with Gasteiger partial charge in [-0.05, 0) is 79.1 Å². The Labute approximate surface area is 247 Å². The lowest BCUT2D eigenvalue weighted by Crippen LogP contribution is -2.40. The molecule has 2 aliphatic rings. The zero-order valence-electron chi connectivity index (χ0n) is 23.8. The normalized spacial score (nSPS) is 21.8. The number of carbonyl (C=O) groups excluding carboxylic acids is 2. The second-order valence-electron chi connectivity index (χ2n) is 10.9. The molecule has 2 amide bonds. The first-order chi connectivity index (χ1) is 19.8. The number of aromatic hydroxyl groups is 1. The van der Waals surface area contributed by atoms with E-state index in [-0.39, 0.29) is 30.8 Å². The van der Waals surface area contributed by atoms with Crippen LogP contribution in [0, 0.1) is 17.8 Å². The van der Waals surface area contributed by atoms with Gasteiger partial charge >= 0.3 is 0 Å². The number of phenolic OH excluding ortho intramolecular Hbond substituents is 1. The van der Waals surface area contributed by atoms with Crippen molar-refractivity contribution >= 4 is 29.5 Å². The van der Waals surface area contributed by atoms with E-state index in [1.165, 1.54) is 11.0 Å². The molecule has 0 radical (unpaired) electrons. The molecule has 0 unspecified atom stereocenters. The van der Waals surface area contributed by atoms with E-state index in [2.05, 4.69) is 6.92 Å². The summed E-state index contributed by atoms with van der Waals surface area (Å²) in [4.78, 5) is 28.0. The van der Waals surface area contributed by atoms with Crippen LogP contribution >= 0.6 is 11.6 Å². The van der Waals surface area contributed by atoms with E-state index >= 15 is 0 Å². The first-order valence-electron chi connectivity index (χ1n) is 14.5. The van der Waals surface area contributed by atoms with Gasteiger partial charge in [0.25, 0.3) is 0 Å². The number of nitrogens with zero attached hydrogens (tertiary/aromatic N) is 1. The minimum Gasteiger partial charge on any atom is -0.508 e. The Morgan fingerprint density at radius 1 is 1.10 bits per heavy atom. The van der Waals surface area contributed by atoms with Gasteiger partial charge in [0.2, 0.25) is 11.8 Å². The van der Waals surface area contributed by atoms with Gasteiger partial charge in [0.15, 0.2) is 0 Å². The molecule has 2 aromatic carbocycles. The number of hydrogen-bond acceptors (Lipinski definition) is 6. The number of aliphatic hydroxyl groups is 2. The van der Waals surface area contributed by atoms with Gasteiger partial charge in [-0.1, -0.05) is 61.7 Å². The minimum absolute atomic E-state index is 0.0971. The van der Waals surface area contributed by atoms with E-state index < -0.39 is 23.9 Å². The second-order valence-corrected chi connectivity index (χ2v) is 11.3. The Morgan fingerprint density at radius 2 is 1.85 bits per heavy atom. The lowest BCUT2D eigenvalue weighted by atomic mass is 9.68. The van der Waals surface area contributed by atoms with E-state index in [9.17, 15) is 24.9 Å². The molecule has 0 spiro atoms. The standard InChI is InChI=1S/C33H40ClNO6/c1-3-8-21(16-22-12-13-24(37)18-28(22)34)11-14-29(38)30-23(20-41-25-9-6-5-7-10-25)17-26-31(27(30)19-36)33(40)35(15-4-2)32(26)39/h5-7,9-10,12-13,16,18,26-27,29,31,36-38H,3-4,8,11,14-15,17,19-20H2,1-2H3/b21-16+/t26-,27+,29-,31-/m1/s1. The highest BCUT2D eigenvalue weighted by atomic mass is 35.5. The molecule has 1 heterocycles. The molecule has 0 aromatic heterocycles. The molecule has 0 bridgehead atoms. The molecule has 220 valence electrons. The minimum atomic E-state index is -0.929. The molecule has 1 saturated heterocycles. The Morgan fingerprint density at radius 3 is 2.51 bits per heavy atom. The van der Waals surface area contributed by atoms with Crippen LogP contribution in [0.15, 0.2) is 65.3 Å². The third kappa shape index (κ3) is 7.03. The highest BCUT2D eigenvalue weighted by Crippen LogP contribution is 2.46. The number of fused-ring (bicyclic) bond motifs is 1. The number of carbonyl (C=O) groups is 2. The number of rotatable bonds is 13. The van der Waals surface area contributed by atoms with Crippen LogP contribution in [0.4, 0.5) is 0 Å². The lowest BCUT2D eigenvalue weighted by Gasteiger charge is -2.36. The van der Waals surface area contributed by atoms with Gasteiger partial charge in [-0.25, -0.2) is 0 Å². The fourth-order valence-electron chi connectivity index (χ4n) is 6.21. The van der Waals surface area contributed by atoms with Crippen molar-refractivity contribution in [2.75, 3.05) is 19.8 Å². The van der Waals surface area contributed by atoms with Crippen LogP contribution in [0.3, 0.4) is 0 Å². The maximum Gasteiger partial charge on any atom is 0.233 e. The average molecular weight is 582 g/mol. The second kappa shape index (κ2) is 14.2. The molecule has 1 aliphatic carbocycles. The van der Waals surface area contributed by atoms with Crippen molar-refractivity contribution in [1.82, 2.24) is 4.90 Å². The molecule has 0 saturated carbocycles. The van der Waals surface area contributed by atoms with Crippen molar-refractivity contribution in [1.29, 1.82) is 0 Å². The molecule has 41 heavy (non-hydrogen) atoms. The van der Waals surface area contributed by atoms with Crippen LogP contribution in [0.25, 0.3) is 6.08 Å². The number of ether oxygens (including phenoxy) is 1. The summed E-state index contributed by atoms with van der Waals surface area (Å²) in [6, 6.07) is 14.2. The number of likely N-dealkylation sites (tertiary alicyclic amines) is 1. The van der Waals surface area contributed by atoms with Crippen LogP contribution in [0.2, 0.25) is 5.02 Å². The molecule has 1 aliphatic heterocycles. The number of aliphatic hydroxyl groups excluding tert-OH is 2. The maximum atomic E-state index is 13.4. The van der Waals surface area contributed by atoms with Crippen molar-refractivity contribution in [3.05, 3.63) is 75.8 Å². The molecular weight excluding hydrogens is 542 g/mol. The molecule has 3 N–H and O–H groups in total. The lowest BCUT2D eigenvalue weighted by molar-refractivity contribution is -0.140. The SMILES string of the molecule is CCC/C(=C\c1ccc(O)cc1Cl)CC[C@@H](O)C1=C(COc2ccccc2)C[C@H]2C(=O)N(CCC)C(=O)[C@H]2[C@H]1CO. The number of hydrogen-bond donors (Lipinski definition) is 3. The van der Waals surface area contributed by atoms with Crippen molar-refractivity contribution in [3.63, 3.8) is 0 Å². The Hall–Kier alpha value is -3.13. The van der Waals surface area contributed by atoms with Crippen LogP contribution < -0.4 is 4.74 Å². The monoisotopic (exact) mass is 581 g/mol. The third-order valence-corrected chi connectivity index (χ3v) is 8.42. The van der Waals surface area contributed by atoms with E-state index in [1.54, 1.807) is 12.1 Å². The summed E-state index contributed by atoms with van der Waals surface area (Å²) in [5.74, 6) is -1.63. The number of phenols is 1. The Kier molecular flexibility index (Phi) is 10.6. The maximum absolute atomic E-state index is 13.4. The van der Waals surface area contributed by atoms with E-state index in [4.69, 9.17) is 16.3 Å². The fraction of sp³-hybridized carbons (Fsp3) is 0.455. The fourth-order valence-corrected chi connectivity index (χ4v) is 6.44. The quantitative estimate of drug-likeness (QED) is 0.205. The first kappa shape index (κ1) is 30.8. The molecule has 2 aromatic rings. The predicted molar refractivity (Wildman–Crippen MR) is 159 cm³/mol. The van der Waals surface area contributed by atoms with Crippen LogP contribution in [0.5, 0.6) is 11.5 Å². The highest BCUT2D eigenvalue weighted by Gasteiger charge is 2.54. The topological polar surface area (TPSA) is 107 Å². The van der Waals surface area contributed by atoms with Crippen molar-refractivity contribution in [2.24, 2.45) is 17.8 Å². The number of benzene rings is 2.